The first-order valence-electron chi connectivity index (χ1n) is 11.2. The average Bonchev–Trinajstić information content (AvgIpc) is 3.53. The summed E-state index contributed by atoms with van der Waals surface area (Å²) in [5, 5.41) is 2.78. The van der Waals surface area contributed by atoms with Crippen LogP contribution in [0, 0.1) is 5.92 Å². The van der Waals surface area contributed by atoms with Gasteiger partial charge in [0.15, 0.2) is 0 Å². The molecule has 8 nitrogen and oxygen atoms in total. The molecule has 2 saturated heterocycles. The van der Waals surface area contributed by atoms with Gasteiger partial charge < -0.3 is 14.8 Å². The van der Waals surface area contributed by atoms with Crippen LogP contribution < -0.4 is 5.32 Å². The number of amides is 3. The quantitative estimate of drug-likeness (QED) is 0.625. The lowest BCUT2D eigenvalue weighted by Gasteiger charge is -2.35. The zero-order valence-electron chi connectivity index (χ0n) is 17.9. The summed E-state index contributed by atoms with van der Waals surface area (Å²) in [6, 6.07) is 14.7. The van der Waals surface area contributed by atoms with Crippen molar-refractivity contribution in [3.05, 3.63) is 59.7 Å². The van der Waals surface area contributed by atoms with E-state index in [9.17, 15) is 14.4 Å². The molecule has 3 aliphatic heterocycles. The third-order valence-electron chi connectivity index (χ3n) is 6.71. The predicted octanol–water partition coefficient (Wildman–Crippen LogP) is 3.01. The van der Waals surface area contributed by atoms with E-state index >= 15 is 0 Å². The van der Waals surface area contributed by atoms with E-state index in [2.05, 4.69) is 15.3 Å². The van der Waals surface area contributed by atoms with Crippen molar-refractivity contribution >= 4 is 46.5 Å². The SMILES string of the molecule is O=C(Nc1nc2ccccc2[nH]1)[C@H]1CCCN(C(=O)[C@@H]2CS[C@@H]3c4ccccc4C(=O)N32)C1. The minimum Gasteiger partial charge on any atom is -0.340 e. The minimum atomic E-state index is -0.489. The fourth-order valence-electron chi connectivity index (χ4n) is 5.06. The highest BCUT2D eigenvalue weighted by molar-refractivity contribution is 7.99. The Hall–Kier alpha value is -3.33. The second-order valence-corrected chi connectivity index (χ2v) is 9.83. The molecular formula is C24H23N5O3S. The van der Waals surface area contributed by atoms with E-state index in [0.29, 0.717) is 36.8 Å². The summed E-state index contributed by atoms with van der Waals surface area (Å²) >= 11 is 1.64. The van der Waals surface area contributed by atoms with Crippen molar-refractivity contribution in [1.29, 1.82) is 0 Å². The van der Waals surface area contributed by atoms with Gasteiger partial charge in [0.2, 0.25) is 17.8 Å². The van der Waals surface area contributed by atoms with Crippen molar-refractivity contribution in [2.45, 2.75) is 24.3 Å². The number of nitrogens with one attached hydrogen (secondary N) is 2. The Labute approximate surface area is 194 Å². The highest BCUT2D eigenvalue weighted by atomic mass is 32.2. The molecule has 0 radical (unpaired) electrons. The van der Waals surface area contributed by atoms with Crippen LogP contribution in [-0.2, 0) is 9.59 Å². The van der Waals surface area contributed by atoms with Crippen molar-refractivity contribution in [2.24, 2.45) is 5.92 Å². The minimum absolute atomic E-state index is 0.0626. The maximum absolute atomic E-state index is 13.5. The Kier molecular flexibility index (Phi) is 4.86. The van der Waals surface area contributed by atoms with Crippen LogP contribution in [0.1, 0.15) is 34.1 Å². The molecule has 9 heteroatoms. The van der Waals surface area contributed by atoms with Crippen LogP contribution in [-0.4, -0.2) is 62.4 Å². The van der Waals surface area contributed by atoms with E-state index in [1.165, 1.54) is 0 Å². The smallest absolute Gasteiger partial charge is 0.256 e. The first kappa shape index (κ1) is 20.3. The van der Waals surface area contributed by atoms with Gasteiger partial charge >= 0.3 is 0 Å². The van der Waals surface area contributed by atoms with E-state index in [-0.39, 0.29) is 29.0 Å². The number of rotatable bonds is 3. The molecule has 168 valence electrons. The first-order valence-corrected chi connectivity index (χ1v) is 12.2. The molecule has 3 aliphatic rings. The van der Waals surface area contributed by atoms with Gasteiger partial charge in [0, 0.05) is 24.4 Å². The molecule has 3 aromatic rings. The van der Waals surface area contributed by atoms with Gasteiger partial charge in [-0.05, 0) is 36.6 Å². The Bertz CT molecular complexity index is 1240. The number of hydrogen-bond donors (Lipinski definition) is 2. The number of anilines is 1. The van der Waals surface area contributed by atoms with Crippen LogP contribution in [0.2, 0.25) is 0 Å². The summed E-state index contributed by atoms with van der Waals surface area (Å²) in [5.41, 5.74) is 3.33. The van der Waals surface area contributed by atoms with Gasteiger partial charge in [0.25, 0.3) is 5.91 Å². The van der Waals surface area contributed by atoms with Gasteiger partial charge in [-0.15, -0.1) is 11.8 Å². The molecule has 0 unspecified atom stereocenters. The Morgan fingerprint density at radius 3 is 2.82 bits per heavy atom. The number of H-pyrrole nitrogens is 1. The van der Waals surface area contributed by atoms with Gasteiger partial charge in [-0.3, -0.25) is 19.7 Å². The molecular weight excluding hydrogens is 438 g/mol. The van der Waals surface area contributed by atoms with Crippen LogP contribution in [0.4, 0.5) is 5.95 Å². The molecule has 0 saturated carbocycles. The summed E-state index contributed by atoms with van der Waals surface area (Å²) in [4.78, 5) is 50.4. The largest absolute Gasteiger partial charge is 0.340 e. The molecule has 1 aromatic heterocycles. The molecule has 0 bridgehead atoms. The van der Waals surface area contributed by atoms with E-state index in [1.807, 2.05) is 48.5 Å². The number of thioether (sulfide) groups is 1. The van der Waals surface area contributed by atoms with Crippen molar-refractivity contribution in [2.75, 3.05) is 24.2 Å². The Morgan fingerprint density at radius 2 is 1.94 bits per heavy atom. The van der Waals surface area contributed by atoms with Crippen LogP contribution >= 0.6 is 11.8 Å². The number of piperidine rings is 1. The maximum Gasteiger partial charge on any atom is 0.256 e. The fraction of sp³-hybridized carbons (Fsp3) is 0.333. The van der Waals surface area contributed by atoms with Gasteiger partial charge in [0.05, 0.1) is 17.0 Å². The van der Waals surface area contributed by atoms with Crippen LogP contribution in [0.5, 0.6) is 0 Å². The van der Waals surface area contributed by atoms with E-state index in [0.717, 1.165) is 23.0 Å². The summed E-state index contributed by atoms with van der Waals surface area (Å²) in [5.74, 6) is 0.403. The monoisotopic (exact) mass is 461 g/mol. The average molecular weight is 462 g/mol. The zero-order chi connectivity index (χ0) is 22.5. The third-order valence-corrected chi connectivity index (χ3v) is 8.02. The number of para-hydroxylation sites is 2. The number of nitrogens with zero attached hydrogens (tertiary/aromatic N) is 3. The molecule has 6 rings (SSSR count). The maximum atomic E-state index is 13.5. The lowest BCUT2D eigenvalue weighted by atomic mass is 9.96. The topological polar surface area (TPSA) is 98.4 Å². The summed E-state index contributed by atoms with van der Waals surface area (Å²) < 4.78 is 0. The summed E-state index contributed by atoms with van der Waals surface area (Å²) in [6.45, 7) is 0.958. The molecule has 0 aliphatic carbocycles. The van der Waals surface area contributed by atoms with Crippen molar-refractivity contribution in [1.82, 2.24) is 19.8 Å². The van der Waals surface area contributed by atoms with Gasteiger partial charge in [-0.25, -0.2) is 4.98 Å². The van der Waals surface area contributed by atoms with Crippen LogP contribution in [0.3, 0.4) is 0 Å². The van der Waals surface area contributed by atoms with E-state index in [4.69, 9.17) is 0 Å². The predicted molar refractivity (Wildman–Crippen MR) is 126 cm³/mol. The number of imidazole rings is 1. The molecule has 0 spiro atoms. The van der Waals surface area contributed by atoms with Gasteiger partial charge in [-0.1, -0.05) is 30.3 Å². The molecule has 33 heavy (non-hydrogen) atoms. The number of carbonyl (C=O) groups excluding carboxylic acids is 3. The van der Waals surface area contributed by atoms with Crippen molar-refractivity contribution in [3.63, 3.8) is 0 Å². The zero-order valence-corrected chi connectivity index (χ0v) is 18.7. The summed E-state index contributed by atoms with van der Waals surface area (Å²) in [7, 11) is 0. The lowest BCUT2D eigenvalue weighted by molar-refractivity contribution is -0.138. The number of aromatic amines is 1. The number of aromatic nitrogens is 2. The van der Waals surface area contributed by atoms with Gasteiger partial charge in [-0.2, -0.15) is 0 Å². The highest BCUT2D eigenvalue weighted by Gasteiger charge is 2.49. The summed E-state index contributed by atoms with van der Waals surface area (Å²) in [6.07, 6.45) is 1.47. The second kappa shape index (κ2) is 7.91. The lowest BCUT2D eigenvalue weighted by Crippen LogP contribution is -2.52. The van der Waals surface area contributed by atoms with E-state index < -0.39 is 6.04 Å². The Balaban J connectivity index is 1.14. The highest BCUT2D eigenvalue weighted by Crippen LogP contribution is 2.48. The van der Waals surface area contributed by atoms with Gasteiger partial charge in [0.1, 0.15) is 11.4 Å². The number of fused-ring (bicyclic) bond motifs is 4. The molecule has 2 fully saturated rings. The number of benzene rings is 2. The van der Waals surface area contributed by atoms with Crippen molar-refractivity contribution in [3.8, 4) is 0 Å². The third kappa shape index (κ3) is 3.38. The number of carbonyl (C=O) groups is 3. The molecule has 3 atom stereocenters. The molecule has 2 aromatic carbocycles. The van der Waals surface area contributed by atoms with Crippen molar-refractivity contribution < 1.29 is 14.4 Å². The van der Waals surface area contributed by atoms with Crippen LogP contribution in [0.15, 0.2) is 48.5 Å². The second-order valence-electron chi connectivity index (χ2n) is 8.72. The normalized spacial score (nSPS) is 24.1. The molecule has 2 N–H and O–H groups in total. The number of likely N-dealkylation sites (tertiary alicyclic amines) is 1. The first-order chi connectivity index (χ1) is 16.1. The van der Waals surface area contributed by atoms with Crippen LogP contribution in [0.25, 0.3) is 11.0 Å². The standard InChI is InChI=1S/C24H23N5O3S/c30-20(27-24-25-17-9-3-4-10-18(17)26-24)14-6-5-11-28(12-14)22(32)19-13-33-23-16-8-2-1-7-15(16)21(31)29(19)23/h1-4,7-10,14,19,23H,5-6,11-13H2,(H2,25,26,27,30)/t14-,19-,23+/m0/s1. The van der Waals surface area contributed by atoms with E-state index in [1.54, 1.807) is 21.6 Å². The molecule has 4 heterocycles. The fourth-order valence-corrected chi connectivity index (χ4v) is 6.52. The molecule has 3 amide bonds. The number of hydrogen-bond acceptors (Lipinski definition) is 5. The Morgan fingerprint density at radius 1 is 1.12 bits per heavy atom.